The van der Waals surface area contributed by atoms with Crippen molar-refractivity contribution >= 4 is 0 Å². The molecule has 4 aromatic heterocycles. The second kappa shape index (κ2) is 10.6. The van der Waals surface area contributed by atoms with E-state index < -0.39 is 0 Å². The van der Waals surface area contributed by atoms with E-state index in [2.05, 4.69) is 68.0 Å². The molecule has 0 aliphatic heterocycles. The summed E-state index contributed by atoms with van der Waals surface area (Å²) in [5.74, 6) is 1.42. The molecule has 0 fully saturated rings. The van der Waals surface area contributed by atoms with Gasteiger partial charge in [-0.3, -0.25) is 0 Å². The summed E-state index contributed by atoms with van der Waals surface area (Å²) in [5, 5.41) is 17.4. The molecule has 9 heteroatoms. The second-order valence-corrected chi connectivity index (χ2v) is 11.3. The normalized spacial score (nSPS) is 17.0. The zero-order chi connectivity index (χ0) is 25.5. The van der Waals surface area contributed by atoms with Gasteiger partial charge < -0.3 is 20.4 Å². The van der Waals surface area contributed by atoms with Gasteiger partial charge in [0.25, 0.3) is 0 Å². The van der Waals surface area contributed by atoms with Crippen LogP contribution in [0.15, 0.2) is 24.5 Å². The van der Waals surface area contributed by atoms with Gasteiger partial charge in [-0.2, -0.15) is 0 Å². The fourth-order valence-corrected chi connectivity index (χ4v) is 5.36. The van der Waals surface area contributed by atoms with E-state index in [1.165, 1.54) is 36.8 Å². The molecule has 0 spiro atoms. The molecule has 0 radical (unpaired) electrons. The number of aromatic nitrogens is 8. The van der Waals surface area contributed by atoms with Gasteiger partial charge in [0.15, 0.2) is 0 Å². The second-order valence-electron chi connectivity index (χ2n) is 11.3. The van der Waals surface area contributed by atoms with Crippen molar-refractivity contribution in [1.82, 2.24) is 40.3 Å². The Hall–Kier alpha value is -2.73. The number of nitrogens with zero attached hydrogens (tertiary/aromatic N) is 8. The van der Waals surface area contributed by atoms with Gasteiger partial charge in [0, 0.05) is 46.0 Å². The molecule has 196 valence electrons. The van der Waals surface area contributed by atoms with E-state index >= 15 is 0 Å². The van der Waals surface area contributed by atoms with E-state index in [9.17, 15) is 0 Å². The molecule has 0 saturated heterocycles. The van der Waals surface area contributed by atoms with Crippen LogP contribution in [0.4, 0.5) is 0 Å². The molecule has 0 unspecified atom stereocenters. The predicted octanol–water partition coefficient (Wildman–Crippen LogP) is 4.83. The van der Waals surface area contributed by atoms with Gasteiger partial charge in [-0.1, -0.05) is 39.1 Å². The number of hydrogen-bond acceptors (Lipinski definition) is 6. The maximum Gasteiger partial charge on any atom is 2.00 e. The van der Waals surface area contributed by atoms with Crippen molar-refractivity contribution in [1.29, 1.82) is 0 Å². The van der Waals surface area contributed by atoms with Crippen molar-refractivity contribution in [2.75, 3.05) is 0 Å². The van der Waals surface area contributed by atoms with Crippen molar-refractivity contribution < 1.29 is 21.1 Å². The number of hydrogen-bond donors (Lipinski definition) is 0. The topological polar surface area (TPSA) is 106 Å². The summed E-state index contributed by atoms with van der Waals surface area (Å²) < 4.78 is 0. The molecule has 0 bridgehead atoms. The average Bonchev–Trinajstić information content (AvgIpc) is 3.46. The van der Waals surface area contributed by atoms with Crippen LogP contribution >= 0.6 is 0 Å². The zero-order valence-electron chi connectivity index (χ0n) is 22.4. The van der Waals surface area contributed by atoms with Crippen molar-refractivity contribution in [2.45, 2.75) is 90.9 Å². The largest absolute Gasteiger partial charge is 2.00 e. The smallest absolute Gasteiger partial charge is 0.572 e. The Morgan fingerprint density at radius 3 is 1.46 bits per heavy atom. The zero-order valence-corrected chi connectivity index (χ0v) is 24.7. The molecular weight excluding hydrogens is 643 g/mol. The van der Waals surface area contributed by atoms with Gasteiger partial charge in [-0.25, -0.2) is 19.9 Å². The van der Waals surface area contributed by atoms with Gasteiger partial charge in [0.05, 0.1) is 0 Å². The summed E-state index contributed by atoms with van der Waals surface area (Å²) >= 11 is 0. The van der Waals surface area contributed by atoms with E-state index in [0.29, 0.717) is 11.6 Å². The molecule has 8 nitrogen and oxygen atoms in total. The van der Waals surface area contributed by atoms with Crippen LogP contribution in [0.25, 0.3) is 23.0 Å². The Labute approximate surface area is 233 Å². The number of fused-ring (bicyclic) bond motifs is 2. The van der Waals surface area contributed by atoms with Crippen LogP contribution < -0.4 is 10.2 Å². The number of rotatable bonds is 2. The third-order valence-electron chi connectivity index (χ3n) is 7.40. The molecule has 0 N–H and O–H groups in total. The fraction of sp³-hybridized carbons (Fsp3) is 0.500. The van der Waals surface area contributed by atoms with Gasteiger partial charge in [0.1, 0.15) is 11.6 Å². The molecule has 0 amide bonds. The monoisotopic (exact) mass is 677 g/mol. The Balaban J connectivity index is 0.000000168. The SMILES string of the molecule is Cc1ccnc(-c2[n-]nc3c2CCCC3(C)C)n1.Cc1ccnc(-c2[n-]nc3c2CCCC3(C)C)n1.[Pt+2]. The molecule has 2 aliphatic carbocycles. The molecule has 4 aromatic rings. The Kier molecular flexibility index (Phi) is 7.80. The van der Waals surface area contributed by atoms with Crippen molar-refractivity contribution in [3.8, 4) is 23.0 Å². The molecule has 37 heavy (non-hydrogen) atoms. The molecule has 0 atom stereocenters. The molecule has 0 aromatic carbocycles. The maximum atomic E-state index is 4.46. The quantitative estimate of drug-likeness (QED) is 0.297. The van der Waals surface area contributed by atoms with E-state index in [1.807, 2.05) is 26.0 Å². The minimum Gasteiger partial charge on any atom is -0.572 e. The van der Waals surface area contributed by atoms with E-state index in [0.717, 1.165) is 47.0 Å². The summed E-state index contributed by atoms with van der Waals surface area (Å²) in [5.41, 5.74) is 8.70. The Morgan fingerprint density at radius 1 is 0.676 bits per heavy atom. The molecule has 6 rings (SSSR count). The van der Waals surface area contributed by atoms with E-state index in [4.69, 9.17) is 0 Å². The van der Waals surface area contributed by atoms with Gasteiger partial charge in [-0.05, 0) is 75.6 Å². The van der Waals surface area contributed by atoms with Gasteiger partial charge in [0.2, 0.25) is 0 Å². The van der Waals surface area contributed by atoms with Gasteiger partial charge in [-0.15, -0.1) is 0 Å². The van der Waals surface area contributed by atoms with Crippen LogP contribution in [0.5, 0.6) is 0 Å². The molecule has 0 saturated carbocycles. The van der Waals surface area contributed by atoms with Crippen molar-refractivity contribution in [3.05, 3.63) is 58.4 Å². The Morgan fingerprint density at radius 2 is 1.08 bits per heavy atom. The minimum absolute atomic E-state index is 0. The van der Waals surface area contributed by atoms with Crippen LogP contribution in [0, 0.1) is 13.8 Å². The van der Waals surface area contributed by atoms with Crippen LogP contribution in [0.1, 0.15) is 87.3 Å². The first-order valence-corrected chi connectivity index (χ1v) is 12.8. The minimum atomic E-state index is 0. The van der Waals surface area contributed by atoms with Crippen LogP contribution in [0.3, 0.4) is 0 Å². The summed E-state index contributed by atoms with van der Waals surface area (Å²) in [6.45, 7) is 12.9. The first-order valence-electron chi connectivity index (χ1n) is 12.8. The van der Waals surface area contributed by atoms with Crippen molar-refractivity contribution in [3.63, 3.8) is 0 Å². The van der Waals surface area contributed by atoms with E-state index in [1.54, 1.807) is 12.4 Å². The molecule has 4 heterocycles. The molecule has 2 aliphatic rings. The molecular formula is C28H34N8Pt. The third kappa shape index (κ3) is 5.45. The Bertz CT molecular complexity index is 1280. The van der Waals surface area contributed by atoms with Crippen LogP contribution in [-0.2, 0) is 44.7 Å². The maximum absolute atomic E-state index is 4.46. The van der Waals surface area contributed by atoms with Gasteiger partial charge >= 0.3 is 21.1 Å². The fourth-order valence-electron chi connectivity index (χ4n) is 5.36. The summed E-state index contributed by atoms with van der Waals surface area (Å²) in [6.07, 6.45) is 10.4. The first-order chi connectivity index (χ1) is 17.2. The van der Waals surface area contributed by atoms with Crippen molar-refractivity contribution in [2.24, 2.45) is 0 Å². The van der Waals surface area contributed by atoms with Crippen LogP contribution in [-0.4, -0.2) is 30.1 Å². The average molecular weight is 678 g/mol. The van der Waals surface area contributed by atoms with Crippen LogP contribution in [0.2, 0.25) is 0 Å². The number of aryl methyl sites for hydroxylation is 2. The third-order valence-corrected chi connectivity index (χ3v) is 7.40. The summed E-state index contributed by atoms with van der Waals surface area (Å²) in [7, 11) is 0. The van der Waals surface area contributed by atoms with E-state index in [-0.39, 0.29) is 31.9 Å². The first kappa shape index (κ1) is 27.3. The predicted molar refractivity (Wildman–Crippen MR) is 139 cm³/mol. The standard InChI is InChI=1S/2C14H17N4.Pt/c2*1-9-6-8-15-13(16-9)11-10-5-4-7-14(2,3)12(10)18-17-11;/h2*6,8H,4-5,7H2,1-3H3;/q2*-1;+2. The summed E-state index contributed by atoms with van der Waals surface area (Å²) in [4.78, 5) is 17.6. The summed E-state index contributed by atoms with van der Waals surface area (Å²) in [6, 6.07) is 3.80.